The monoisotopic (exact) mass is 474 g/mol. The highest BCUT2D eigenvalue weighted by Gasteiger charge is 2.28. The number of anilines is 3. The minimum Gasteiger partial charge on any atom is -0.337 e. The van der Waals surface area contributed by atoms with Crippen molar-refractivity contribution >= 4 is 28.7 Å². The van der Waals surface area contributed by atoms with Gasteiger partial charge in [-0.3, -0.25) is 14.2 Å². The molecule has 0 saturated heterocycles. The Morgan fingerprint density at radius 3 is 2.69 bits per heavy atom. The largest absolute Gasteiger partial charge is 0.337 e. The first-order chi connectivity index (χ1) is 17.5. The number of benzene rings is 2. The van der Waals surface area contributed by atoms with E-state index in [9.17, 15) is 4.79 Å². The van der Waals surface area contributed by atoms with E-state index in [4.69, 9.17) is 9.97 Å². The zero-order valence-electron chi connectivity index (χ0n) is 20.2. The maximum atomic E-state index is 13.0. The van der Waals surface area contributed by atoms with Crippen LogP contribution in [0.25, 0.3) is 16.9 Å². The lowest BCUT2D eigenvalue weighted by Crippen LogP contribution is -2.12. The van der Waals surface area contributed by atoms with Crippen LogP contribution < -0.4 is 10.6 Å². The van der Waals surface area contributed by atoms with Crippen LogP contribution in [0.5, 0.6) is 0 Å². The van der Waals surface area contributed by atoms with E-state index in [0.29, 0.717) is 17.3 Å². The summed E-state index contributed by atoms with van der Waals surface area (Å²) in [6, 6.07) is 17.3. The number of nitrogens with one attached hydrogen (secondary N) is 2. The summed E-state index contributed by atoms with van der Waals surface area (Å²) >= 11 is 0. The van der Waals surface area contributed by atoms with Crippen LogP contribution in [0.15, 0.2) is 79.4 Å². The van der Waals surface area contributed by atoms with Crippen LogP contribution >= 0.6 is 0 Å². The van der Waals surface area contributed by atoms with E-state index < -0.39 is 0 Å². The molecule has 3 aromatic heterocycles. The van der Waals surface area contributed by atoms with Crippen molar-refractivity contribution in [2.24, 2.45) is 0 Å². The molecule has 1 aliphatic rings. The Labute approximate surface area is 209 Å². The molecular formula is C29H26N6O. The average Bonchev–Trinajstić information content (AvgIpc) is 3.64. The van der Waals surface area contributed by atoms with E-state index in [1.54, 1.807) is 6.20 Å². The Morgan fingerprint density at radius 1 is 1.03 bits per heavy atom. The number of hydrogen-bond donors (Lipinski definition) is 2. The smallest absolute Gasteiger partial charge is 0.255 e. The van der Waals surface area contributed by atoms with Crippen molar-refractivity contribution in [3.8, 4) is 11.3 Å². The molecule has 1 saturated carbocycles. The Balaban J connectivity index is 1.37. The summed E-state index contributed by atoms with van der Waals surface area (Å²) in [4.78, 5) is 26.9. The molecule has 1 amide bonds. The molecule has 0 radical (unpaired) electrons. The molecule has 1 fully saturated rings. The summed E-state index contributed by atoms with van der Waals surface area (Å²) in [5, 5.41) is 6.46. The number of nitrogens with zero attached hydrogens (tertiary/aromatic N) is 4. The van der Waals surface area contributed by atoms with Crippen molar-refractivity contribution in [3.63, 3.8) is 0 Å². The molecule has 178 valence electrons. The molecule has 1 aliphatic carbocycles. The SMILES string of the molecule is Cc1cccc(NC(=O)c2ccc(C)c(Nc3nc(-c4cccnc4)cn4c(C5CC5)cnc34)c2)c1. The van der Waals surface area contributed by atoms with Crippen molar-refractivity contribution in [3.05, 3.63) is 102 Å². The third-order valence-electron chi connectivity index (χ3n) is 6.50. The second kappa shape index (κ2) is 8.92. The average molecular weight is 475 g/mol. The predicted octanol–water partition coefficient (Wildman–Crippen LogP) is 6.28. The molecule has 6 rings (SSSR count). The number of amides is 1. The molecule has 0 unspecified atom stereocenters. The highest BCUT2D eigenvalue weighted by molar-refractivity contribution is 6.05. The highest BCUT2D eigenvalue weighted by atomic mass is 16.1. The van der Waals surface area contributed by atoms with Gasteiger partial charge < -0.3 is 10.6 Å². The maximum Gasteiger partial charge on any atom is 0.255 e. The minimum atomic E-state index is -0.164. The molecule has 0 aliphatic heterocycles. The topological polar surface area (TPSA) is 84.2 Å². The van der Waals surface area contributed by atoms with E-state index in [1.807, 2.05) is 87.0 Å². The fourth-order valence-corrected chi connectivity index (χ4v) is 4.38. The van der Waals surface area contributed by atoms with Crippen LogP contribution in [0.4, 0.5) is 17.2 Å². The van der Waals surface area contributed by atoms with Gasteiger partial charge in [-0.15, -0.1) is 0 Å². The molecule has 7 nitrogen and oxygen atoms in total. The molecule has 2 N–H and O–H groups in total. The quantitative estimate of drug-likeness (QED) is 0.302. The van der Waals surface area contributed by atoms with Crippen LogP contribution in [0.1, 0.15) is 45.9 Å². The van der Waals surface area contributed by atoms with Gasteiger partial charge in [0.2, 0.25) is 0 Å². The van der Waals surface area contributed by atoms with Crippen LogP contribution in [-0.2, 0) is 0 Å². The fourth-order valence-electron chi connectivity index (χ4n) is 4.38. The first-order valence-corrected chi connectivity index (χ1v) is 12.1. The molecule has 5 aromatic rings. The van der Waals surface area contributed by atoms with Gasteiger partial charge in [-0.25, -0.2) is 9.97 Å². The Hall–Kier alpha value is -4.52. The fraction of sp³-hybridized carbons (Fsp3) is 0.172. The van der Waals surface area contributed by atoms with Gasteiger partial charge >= 0.3 is 0 Å². The van der Waals surface area contributed by atoms with Gasteiger partial charge in [0.15, 0.2) is 11.5 Å². The number of fused-ring (bicyclic) bond motifs is 1. The number of carbonyl (C=O) groups is 1. The lowest BCUT2D eigenvalue weighted by molar-refractivity contribution is 0.102. The van der Waals surface area contributed by atoms with E-state index >= 15 is 0 Å². The van der Waals surface area contributed by atoms with E-state index in [0.717, 1.165) is 39.4 Å². The molecule has 3 heterocycles. The van der Waals surface area contributed by atoms with Crippen molar-refractivity contribution in [2.45, 2.75) is 32.6 Å². The first kappa shape index (κ1) is 22.0. The summed E-state index contributed by atoms with van der Waals surface area (Å²) in [5.74, 6) is 1.01. The second-order valence-electron chi connectivity index (χ2n) is 9.35. The third-order valence-corrected chi connectivity index (χ3v) is 6.50. The zero-order valence-corrected chi connectivity index (χ0v) is 20.2. The first-order valence-electron chi connectivity index (χ1n) is 12.1. The molecule has 7 heteroatoms. The molecule has 0 atom stereocenters. The summed E-state index contributed by atoms with van der Waals surface area (Å²) in [7, 11) is 0. The van der Waals surface area contributed by atoms with Crippen LogP contribution in [0.3, 0.4) is 0 Å². The van der Waals surface area contributed by atoms with Crippen LogP contribution in [0, 0.1) is 13.8 Å². The number of carbonyl (C=O) groups excluding carboxylic acids is 1. The lowest BCUT2D eigenvalue weighted by atomic mass is 10.1. The second-order valence-corrected chi connectivity index (χ2v) is 9.35. The Bertz CT molecular complexity index is 1590. The molecule has 36 heavy (non-hydrogen) atoms. The number of aryl methyl sites for hydroxylation is 2. The van der Waals surface area contributed by atoms with Gasteiger partial charge in [0.05, 0.1) is 5.69 Å². The van der Waals surface area contributed by atoms with E-state index in [2.05, 4.69) is 20.0 Å². The van der Waals surface area contributed by atoms with Crippen molar-refractivity contribution in [1.82, 2.24) is 19.4 Å². The van der Waals surface area contributed by atoms with Crippen LogP contribution in [-0.4, -0.2) is 25.3 Å². The normalized spacial score (nSPS) is 13.1. The lowest BCUT2D eigenvalue weighted by Gasteiger charge is -2.14. The molecule has 0 spiro atoms. The summed E-state index contributed by atoms with van der Waals surface area (Å²) in [5.41, 5.74) is 7.93. The number of rotatable bonds is 6. The number of hydrogen-bond acceptors (Lipinski definition) is 5. The van der Waals surface area contributed by atoms with E-state index in [-0.39, 0.29) is 5.91 Å². The summed E-state index contributed by atoms with van der Waals surface area (Å²) in [6.07, 6.45) is 9.91. The highest BCUT2D eigenvalue weighted by Crippen LogP contribution is 2.41. The van der Waals surface area contributed by atoms with E-state index in [1.165, 1.54) is 18.5 Å². The minimum absolute atomic E-state index is 0.164. The summed E-state index contributed by atoms with van der Waals surface area (Å²) < 4.78 is 2.14. The van der Waals surface area contributed by atoms with Gasteiger partial charge in [0.1, 0.15) is 0 Å². The zero-order chi connectivity index (χ0) is 24.6. The van der Waals surface area contributed by atoms with Gasteiger partial charge in [0.25, 0.3) is 5.91 Å². The van der Waals surface area contributed by atoms with Gasteiger partial charge in [-0.2, -0.15) is 0 Å². The molecular weight excluding hydrogens is 448 g/mol. The molecule has 2 aromatic carbocycles. The van der Waals surface area contributed by atoms with Gasteiger partial charge in [-0.1, -0.05) is 18.2 Å². The standard InChI is InChI=1S/C29H26N6O/c1-18-5-3-7-23(13-18)32-29(36)21-9-8-19(2)24(14-21)33-27-28-31-16-26(20-10-11-20)35(28)17-25(34-27)22-6-4-12-30-15-22/h3-9,12-17,20H,10-11H2,1-2H3,(H,32,36)(H,33,34). The van der Waals surface area contributed by atoms with Crippen molar-refractivity contribution < 1.29 is 4.79 Å². The van der Waals surface area contributed by atoms with Gasteiger partial charge in [-0.05, 0) is 74.2 Å². The Kier molecular flexibility index (Phi) is 5.45. The number of pyridine rings is 1. The Morgan fingerprint density at radius 2 is 1.92 bits per heavy atom. The predicted molar refractivity (Wildman–Crippen MR) is 142 cm³/mol. The van der Waals surface area contributed by atoms with Crippen molar-refractivity contribution in [2.75, 3.05) is 10.6 Å². The van der Waals surface area contributed by atoms with Crippen molar-refractivity contribution in [1.29, 1.82) is 0 Å². The number of aromatic nitrogens is 4. The third kappa shape index (κ3) is 4.31. The number of imidazole rings is 1. The van der Waals surface area contributed by atoms with Gasteiger partial charge in [0, 0.05) is 58.9 Å². The van der Waals surface area contributed by atoms with Crippen LogP contribution in [0.2, 0.25) is 0 Å². The molecule has 0 bridgehead atoms. The maximum absolute atomic E-state index is 13.0. The summed E-state index contributed by atoms with van der Waals surface area (Å²) in [6.45, 7) is 4.01.